The van der Waals surface area contributed by atoms with Gasteiger partial charge in [-0.25, -0.2) is 18.0 Å². The molecule has 0 aliphatic rings. The SMILES string of the molecule is C=CCOC(=O)NC(CCCS(C)(=O)=O)C(=O)O. The monoisotopic (exact) mass is 279 g/mol. The van der Waals surface area contributed by atoms with Crippen LogP contribution in [0.25, 0.3) is 0 Å². The molecule has 0 aliphatic heterocycles. The van der Waals surface area contributed by atoms with Gasteiger partial charge in [0.15, 0.2) is 0 Å². The number of carboxylic acids is 1. The number of carbonyl (C=O) groups is 2. The Morgan fingerprint density at radius 2 is 2.11 bits per heavy atom. The molecule has 7 nitrogen and oxygen atoms in total. The molecular weight excluding hydrogens is 262 g/mol. The highest BCUT2D eigenvalue weighted by molar-refractivity contribution is 7.90. The van der Waals surface area contributed by atoms with Crippen LogP contribution in [0.1, 0.15) is 12.8 Å². The Morgan fingerprint density at radius 1 is 1.50 bits per heavy atom. The summed E-state index contributed by atoms with van der Waals surface area (Å²) in [4.78, 5) is 21.9. The molecular formula is C10H17NO6S. The van der Waals surface area contributed by atoms with E-state index in [1.54, 1.807) is 0 Å². The van der Waals surface area contributed by atoms with Crippen molar-refractivity contribution in [1.82, 2.24) is 5.32 Å². The minimum absolute atomic E-state index is 0.0194. The summed E-state index contributed by atoms with van der Waals surface area (Å²) in [6, 6.07) is -1.16. The molecule has 0 radical (unpaired) electrons. The third-order valence-corrected chi connectivity index (χ3v) is 2.96. The van der Waals surface area contributed by atoms with Gasteiger partial charge in [0.05, 0.1) is 0 Å². The number of alkyl carbamates (subject to hydrolysis) is 1. The van der Waals surface area contributed by atoms with Gasteiger partial charge >= 0.3 is 12.1 Å². The maximum Gasteiger partial charge on any atom is 0.408 e. The number of carbonyl (C=O) groups excluding carboxylic acids is 1. The van der Waals surface area contributed by atoms with E-state index in [0.29, 0.717) is 0 Å². The van der Waals surface area contributed by atoms with Crippen molar-refractivity contribution < 1.29 is 27.9 Å². The van der Waals surface area contributed by atoms with E-state index in [2.05, 4.69) is 16.6 Å². The van der Waals surface area contributed by atoms with Gasteiger partial charge in [-0.2, -0.15) is 0 Å². The first-order valence-corrected chi connectivity index (χ1v) is 7.27. The molecule has 0 heterocycles. The lowest BCUT2D eigenvalue weighted by Crippen LogP contribution is -2.41. The highest BCUT2D eigenvalue weighted by atomic mass is 32.2. The molecule has 2 N–H and O–H groups in total. The third kappa shape index (κ3) is 8.57. The zero-order valence-corrected chi connectivity index (χ0v) is 10.9. The lowest BCUT2D eigenvalue weighted by atomic mass is 10.2. The van der Waals surface area contributed by atoms with E-state index in [1.807, 2.05) is 0 Å². The average Bonchev–Trinajstić information content (AvgIpc) is 2.23. The van der Waals surface area contributed by atoms with E-state index in [-0.39, 0.29) is 25.2 Å². The van der Waals surface area contributed by atoms with Crippen molar-refractivity contribution in [3.05, 3.63) is 12.7 Å². The number of amides is 1. The van der Waals surface area contributed by atoms with Crippen molar-refractivity contribution in [3.8, 4) is 0 Å². The molecule has 1 unspecified atom stereocenters. The van der Waals surface area contributed by atoms with Crippen LogP contribution in [0.15, 0.2) is 12.7 Å². The maximum atomic E-state index is 11.1. The number of aliphatic carboxylic acids is 1. The average molecular weight is 279 g/mol. The van der Waals surface area contributed by atoms with Gasteiger partial charge in [-0.15, -0.1) is 0 Å². The second kappa shape index (κ2) is 7.70. The summed E-state index contributed by atoms with van der Waals surface area (Å²) in [5.41, 5.74) is 0. The third-order valence-electron chi connectivity index (χ3n) is 1.93. The van der Waals surface area contributed by atoms with Crippen LogP contribution >= 0.6 is 0 Å². The van der Waals surface area contributed by atoms with Gasteiger partial charge in [0.25, 0.3) is 0 Å². The van der Waals surface area contributed by atoms with Crippen molar-refractivity contribution in [2.75, 3.05) is 18.6 Å². The second-order valence-corrected chi connectivity index (χ2v) is 5.95. The van der Waals surface area contributed by atoms with E-state index in [9.17, 15) is 18.0 Å². The van der Waals surface area contributed by atoms with Crippen LogP contribution in [0.3, 0.4) is 0 Å². The predicted molar refractivity (Wildman–Crippen MR) is 65.0 cm³/mol. The van der Waals surface area contributed by atoms with Crippen LogP contribution in [0.2, 0.25) is 0 Å². The number of sulfone groups is 1. The summed E-state index contributed by atoms with van der Waals surface area (Å²) in [6.45, 7) is 3.31. The molecule has 0 aliphatic carbocycles. The molecule has 0 saturated heterocycles. The lowest BCUT2D eigenvalue weighted by molar-refractivity contribution is -0.139. The van der Waals surface area contributed by atoms with Crippen molar-refractivity contribution >= 4 is 21.9 Å². The van der Waals surface area contributed by atoms with Crippen molar-refractivity contribution in [2.45, 2.75) is 18.9 Å². The van der Waals surface area contributed by atoms with Gasteiger partial charge in [-0.05, 0) is 12.8 Å². The lowest BCUT2D eigenvalue weighted by Gasteiger charge is -2.13. The van der Waals surface area contributed by atoms with Crippen LogP contribution in [-0.2, 0) is 19.4 Å². The molecule has 0 aromatic carbocycles. The molecule has 0 saturated carbocycles. The molecule has 0 aromatic heterocycles. The Kier molecular flexibility index (Phi) is 7.03. The fourth-order valence-electron chi connectivity index (χ4n) is 1.13. The largest absolute Gasteiger partial charge is 0.480 e. The molecule has 0 bridgehead atoms. The fourth-order valence-corrected chi connectivity index (χ4v) is 1.82. The van der Waals surface area contributed by atoms with Crippen LogP contribution in [-0.4, -0.2) is 50.2 Å². The van der Waals surface area contributed by atoms with Crippen LogP contribution in [0.5, 0.6) is 0 Å². The summed E-state index contributed by atoms with van der Waals surface area (Å²) in [6.07, 6.45) is 1.71. The zero-order chi connectivity index (χ0) is 14.2. The van der Waals surface area contributed by atoms with E-state index in [1.165, 1.54) is 6.08 Å². The Hall–Kier alpha value is -1.57. The Labute approximate surface area is 106 Å². The minimum Gasteiger partial charge on any atom is -0.480 e. The summed E-state index contributed by atoms with van der Waals surface area (Å²) >= 11 is 0. The molecule has 1 atom stereocenters. The van der Waals surface area contributed by atoms with Gasteiger partial charge in [0.1, 0.15) is 22.5 Å². The van der Waals surface area contributed by atoms with E-state index in [4.69, 9.17) is 5.11 Å². The van der Waals surface area contributed by atoms with E-state index >= 15 is 0 Å². The smallest absolute Gasteiger partial charge is 0.408 e. The second-order valence-electron chi connectivity index (χ2n) is 3.69. The molecule has 0 aromatic rings. The van der Waals surface area contributed by atoms with Gasteiger partial charge in [-0.3, -0.25) is 0 Å². The first-order chi connectivity index (χ1) is 8.26. The molecule has 8 heteroatoms. The first kappa shape index (κ1) is 16.4. The minimum atomic E-state index is -3.14. The molecule has 1 amide bonds. The van der Waals surface area contributed by atoms with Crippen LogP contribution in [0.4, 0.5) is 4.79 Å². The molecule has 0 spiro atoms. The Morgan fingerprint density at radius 3 is 2.56 bits per heavy atom. The normalized spacial score (nSPS) is 12.5. The van der Waals surface area contributed by atoms with Gasteiger partial charge in [0, 0.05) is 12.0 Å². The fraction of sp³-hybridized carbons (Fsp3) is 0.600. The Balaban J connectivity index is 4.19. The summed E-state index contributed by atoms with van der Waals surface area (Å²) in [5, 5.41) is 11.0. The number of hydrogen-bond donors (Lipinski definition) is 2. The van der Waals surface area contributed by atoms with Gasteiger partial charge < -0.3 is 15.2 Å². The molecule has 18 heavy (non-hydrogen) atoms. The molecule has 0 fully saturated rings. The number of ether oxygens (including phenoxy) is 1. The van der Waals surface area contributed by atoms with E-state index in [0.717, 1.165) is 6.26 Å². The number of hydrogen-bond acceptors (Lipinski definition) is 5. The number of rotatable bonds is 8. The summed E-state index contributed by atoms with van der Waals surface area (Å²) in [5.74, 6) is -1.36. The summed E-state index contributed by atoms with van der Waals surface area (Å²) in [7, 11) is -3.14. The van der Waals surface area contributed by atoms with Crippen LogP contribution in [0, 0.1) is 0 Å². The van der Waals surface area contributed by atoms with Crippen molar-refractivity contribution in [3.63, 3.8) is 0 Å². The maximum absolute atomic E-state index is 11.1. The van der Waals surface area contributed by atoms with Gasteiger partial charge in [0.2, 0.25) is 0 Å². The van der Waals surface area contributed by atoms with Crippen molar-refractivity contribution in [1.29, 1.82) is 0 Å². The number of nitrogens with one attached hydrogen (secondary N) is 1. The zero-order valence-electron chi connectivity index (χ0n) is 10.1. The quantitative estimate of drug-likeness (QED) is 0.613. The first-order valence-electron chi connectivity index (χ1n) is 5.21. The van der Waals surface area contributed by atoms with Gasteiger partial charge in [-0.1, -0.05) is 12.7 Å². The van der Waals surface area contributed by atoms with Crippen molar-refractivity contribution in [2.24, 2.45) is 0 Å². The Bertz CT molecular complexity index is 403. The number of carboxylic acid groups (broad SMARTS) is 1. The molecule has 0 rings (SSSR count). The molecule has 104 valence electrons. The topological polar surface area (TPSA) is 110 Å². The summed E-state index contributed by atoms with van der Waals surface area (Å²) < 4.78 is 26.3. The standard InChI is InChI=1S/C10H17NO6S/c1-3-6-17-10(14)11-8(9(12)13)5-4-7-18(2,15)16/h3,8H,1,4-7H2,2H3,(H,11,14)(H,12,13). The predicted octanol–water partition coefficient (Wildman–Crippen LogP) is 0.177. The van der Waals surface area contributed by atoms with E-state index < -0.39 is 27.9 Å². The highest BCUT2D eigenvalue weighted by Gasteiger charge is 2.20. The van der Waals surface area contributed by atoms with Crippen LogP contribution < -0.4 is 5.32 Å². The highest BCUT2D eigenvalue weighted by Crippen LogP contribution is 2.01.